The Morgan fingerprint density at radius 2 is 1.61 bits per heavy atom. The van der Waals surface area contributed by atoms with E-state index in [4.69, 9.17) is 0 Å². The third-order valence-corrected chi connectivity index (χ3v) is 5.91. The molecular formula is C23H27N5O2S. The number of thioether (sulfide) groups is 1. The van der Waals surface area contributed by atoms with E-state index in [-0.39, 0.29) is 17.6 Å². The van der Waals surface area contributed by atoms with Crippen molar-refractivity contribution in [3.05, 3.63) is 53.6 Å². The van der Waals surface area contributed by atoms with Crippen LogP contribution in [0.2, 0.25) is 0 Å². The van der Waals surface area contributed by atoms with Crippen molar-refractivity contribution in [3.63, 3.8) is 0 Å². The summed E-state index contributed by atoms with van der Waals surface area (Å²) in [6, 6.07) is 13.5. The van der Waals surface area contributed by atoms with Gasteiger partial charge in [0, 0.05) is 30.9 Å². The third-order valence-electron chi connectivity index (χ3n) is 4.89. The molecule has 3 aromatic rings. The minimum Gasteiger partial charge on any atom is -0.326 e. The third kappa shape index (κ3) is 5.52. The summed E-state index contributed by atoms with van der Waals surface area (Å²) in [6.07, 6.45) is 1.73. The topological polar surface area (TPSA) is 88.9 Å². The van der Waals surface area contributed by atoms with Crippen molar-refractivity contribution < 1.29 is 9.59 Å². The standard InChI is InChI=1S/C23H27N5O2S/c1-5-16-8-7-9-17(6-2)21(16)25-20(30)14-31-23-27-26-22(28(23)4)18-10-12-19(13-11-18)24-15(3)29/h7-13H,5-6,14H2,1-4H3,(H,24,29)(H,25,30). The number of nitrogens with zero attached hydrogens (tertiary/aromatic N) is 3. The Bertz CT molecular complexity index is 1050. The van der Waals surface area contributed by atoms with Gasteiger partial charge >= 0.3 is 0 Å². The average Bonchev–Trinajstić information content (AvgIpc) is 3.13. The summed E-state index contributed by atoms with van der Waals surface area (Å²) in [4.78, 5) is 23.8. The van der Waals surface area contributed by atoms with E-state index in [1.54, 1.807) is 0 Å². The number of aromatic nitrogens is 3. The van der Waals surface area contributed by atoms with Crippen LogP contribution >= 0.6 is 11.8 Å². The number of hydrogen-bond acceptors (Lipinski definition) is 5. The van der Waals surface area contributed by atoms with Gasteiger partial charge in [0.2, 0.25) is 11.8 Å². The molecule has 0 fully saturated rings. The average molecular weight is 438 g/mol. The molecule has 31 heavy (non-hydrogen) atoms. The van der Waals surface area contributed by atoms with Crippen LogP contribution in [0.5, 0.6) is 0 Å². The fourth-order valence-corrected chi connectivity index (χ4v) is 4.02. The molecule has 1 heterocycles. The molecule has 3 rings (SSSR count). The van der Waals surface area contributed by atoms with E-state index in [0.717, 1.165) is 40.9 Å². The van der Waals surface area contributed by atoms with Crippen LogP contribution in [0.1, 0.15) is 31.9 Å². The van der Waals surface area contributed by atoms with Gasteiger partial charge in [0.1, 0.15) is 0 Å². The van der Waals surface area contributed by atoms with Crippen molar-refractivity contribution in [2.24, 2.45) is 7.05 Å². The summed E-state index contributed by atoms with van der Waals surface area (Å²) in [5.41, 5.74) is 4.81. The maximum Gasteiger partial charge on any atom is 0.234 e. The van der Waals surface area contributed by atoms with E-state index in [1.807, 2.05) is 54.1 Å². The van der Waals surface area contributed by atoms with Gasteiger partial charge in [-0.2, -0.15) is 0 Å². The lowest BCUT2D eigenvalue weighted by molar-refractivity contribution is -0.114. The van der Waals surface area contributed by atoms with Crippen molar-refractivity contribution in [1.82, 2.24) is 14.8 Å². The molecule has 0 unspecified atom stereocenters. The molecule has 0 saturated carbocycles. The molecular weight excluding hydrogens is 410 g/mol. The molecule has 0 aliphatic rings. The fraction of sp³-hybridized carbons (Fsp3) is 0.304. The van der Waals surface area contributed by atoms with Crippen LogP contribution in [0.15, 0.2) is 47.6 Å². The molecule has 1 aromatic heterocycles. The SMILES string of the molecule is CCc1cccc(CC)c1NC(=O)CSc1nnc(-c2ccc(NC(C)=O)cc2)n1C. The van der Waals surface area contributed by atoms with E-state index in [9.17, 15) is 9.59 Å². The number of hydrogen-bond donors (Lipinski definition) is 2. The van der Waals surface area contributed by atoms with Gasteiger partial charge < -0.3 is 15.2 Å². The minimum atomic E-state index is -0.115. The Hall–Kier alpha value is -3.13. The highest BCUT2D eigenvalue weighted by Gasteiger charge is 2.15. The van der Waals surface area contributed by atoms with Gasteiger partial charge in [0.05, 0.1) is 5.75 Å². The predicted octanol–water partition coefficient (Wildman–Crippen LogP) is 4.30. The lowest BCUT2D eigenvalue weighted by atomic mass is 10.0. The number of anilines is 2. The molecule has 0 aliphatic carbocycles. The zero-order valence-electron chi connectivity index (χ0n) is 18.2. The van der Waals surface area contributed by atoms with Crippen molar-refractivity contribution >= 4 is 35.0 Å². The zero-order chi connectivity index (χ0) is 22.4. The lowest BCUT2D eigenvalue weighted by Gasteiger charge is -2.14. The first-order valence-electron chi connectivity index (χ1n) is 10.2. The Morgan fingerprint density at radius 1 is 0.968 bits per heavy atom. The number of benzene rings is 2. The maximum absolute atomic E-state index is 12.6. The van der Waals surface area contributed by atoms with Crippen molar-refractivity contribution in [3.8, 4) is 11.4 Å². The first-order chi connectivity index (χ1) is 14.9. The molecule has 162 valence electrons. The van der Waals surface area contributed by atoms with Crippen molar-refractivity contribution in [2.75, 3.05) is 16.4 Å². The lowest BCUT2D eigenvalue weighted by Crippen LogP contribution is -2.17. The fourth-order valence-electron chi connectivity index (χ4n) is 3.31. The number of rotatable bonds is 8. The molecule has 2 amide bonds. The molecule has 2 aromatic carbocycles. The van der Waals surface area contributed by atoms with E-state index in [1.165, 1.54) is 18.7 Å². The second-order valence-electron chi connectivity index (χ2n) is 7.12. The number of nitrogens with one attached hydrogen (secondary N) is 2. The van der Waals surface area contributed by atoms with Crippen LogP contribution in [0.3, 0.4) is 0 Å². The Kier molecular flexibility index (Phi) is 7.46. The number of carbonyl (C=O) groups excluding carboxylic acids is 2. The quantitative estimate of drug-likeness (QED) is 0.513. The molecule has 0 saturated heterocycles. The second-order valence-corrected chi connectivity index (χ2v) is 8.06. The van der Waals surface area contributed by atoms with Gasteiger partial charge in [-0.25, -0.2) is 0 Å². The van der Waals surface area contributed by atoms with Crippen molar-refractivity contribution in [2.45, 2.75) is 38.8 Å². The highest BCUT2D eigenvalue weighted by Crippen LogP contribution is 2.26. The molecule has 0 bridgehead atoms. The zero-order valence-corrected chi connectivity index (χ0v) is 19.0. The summed E-state index contributed by atoms with van der Waals surface area (Å²) >= 11 is 1.35. The van der Waals surface area contributed by atoms with Gasteiger partial charge in [-0.1, -0.05) is 43.8 Å². The molecule has 0 aliphatic heterocycles. The molecule has 0 radical (unpaired) electrons. The smallest absolute Gasteiger partial charge is 0.234 e. The van der Waals surface area contributed by atoms with E-state index >= 15 is 0 Å². The maximum atomic E-state index is 12.6. The summed E-state index contributed by atoms with van der Waals surface area (Å²) in [6.45, 7) is 5.64. The Labute approximate surface area is 186 Å². The highest BCUT2D eigenvalue weighted by molar-refractivity contribution is 7.99. The van der Waals surface area contributed by atoms with Crippen LogP contribution < -0.4 is 10.6 Å². The molecule has 7 nitrogen and oxygen atoms in total. The first-order valence-corrected chi connectivity index (χ1v) is 11.2. The highest BCUT2D eigenvalue weighted by atomic mass is 32.2. The minimum absolute atomic E-state index is 0.0650. The summed E-state index contributed by atoms with van der Waals surface area (Å²) in [7, 11) is 1.87. The van der Waals surface area contributed by atoms with Crippen LogP contribution in [0.4, 0.5) is 11.4 Å². The van der Waals surface area contributed by atoms with Crippen LogP contribution in [-0.4, -0.2) is 32.3 Å². The van der Waals surface area contributed by atoms with Gasteiger partial charge in [-0.3, -0.25) is 9.59 Å². The molecule has 8 heteroatoms. The molecule has 2 N–H and O–H groups in total. The van der Waals surface area contributed by atoms with E-state index < -0.39 is 0 Å². The number of amides is 2. The monoisotopic (exact) mass is 437 g/mol. The summed E-state index contributed by atoms with van der Waals surface area (Å²) in [5.74, 6) is 0.761. The van der Waals surface area contributed by atoms with Gasteiger partial charge in [-0.15, -0.1) is 10.2 Å². The molecule has 0 spiro atoms. The van der Waals surface area contributed by atoms with Crippen LogP contribution in [0, 0.1) is 0 Å². The first kappa shape index (κ1) is 22.6. The van der Waals surface area contributed by atoms with Gasteiger partial charge in [0.25, 0.3) is 0 Å². The Morgan fingerprint density at radius 3 is 2.19 bits per heavy atom. The number of para-hydroxylation sites is 1. The van der Waals surface area contributed by atoms with E-state index in [2.05, 4.69) is 34.7 Å². The Balaban J connectivity index is 1.67. The second kappa shape index (κ2) is 10.3. The summed E-state index contributed by atoms with van der Waals surface area (Å²) in [5, 5.41) is 15.0. The van der Waals surface area contributed by atoms with Gasteiger partial charge in [-0.05, 0) is 48.2 Å². The normalized spacial score (nSPS) is 10.7. The largest absolute Gasteiger partial charge is 0.326 e. The number of aryl methyl sites for hydroxylation is 2. The van der Waals surface area contributed by atoms with Crippen LogP contribution in [-0.2, 0) is 29.5 Å². The predicted molar refractivity (Wildman–Crippen MR) is 125 cm³/mol. The van der Waals surface area contributed by atoms with Gasteiger partial charge in [0.15, 0.2) is 11.0 Å². The van der Waals surface area contributed by atoms with E-state index in [0.29, 0.717) is 11.0 Å². The summed E-state index contributed by atoms with van der Waals surface area (Å²) < 4.78 is 1.86. The molecule has 0 atom stereocenters. The number of carbonyl (C=O) groups is 2. The van der Waals surface area contributed by atoms with Crippen LogP contribution in [0.25, 0.3) is 11.4 Å². The van der Waals surface area contributed by atoms with Crippen molar-refractivity contribution in [1.29, 1.82) is 0 Å².